The lowest BCUT2D eigenvalue weighted by Crippen LogP contribution is -2.36. The molecule has 4 rings (SSSR count). The molecule has 1 aromatic heterocycles. The van der Waals surface area contributed by atoms with Gasteiger partial charge in [0, 0.05) is 49.2 Å². The molecule has 2 aromatic carbocycles. The van der Waals surface area contributed by atoms with Crippen molar-refractivity contribution in [1.29, 1.82) is 0 Å². The maximum Gasteiger partial charge on any atom is 0.274 e. The van der Waals surface area contributed by atoms with Gasteiger partial charge in [-0.25, -0.2) is 4.98 Å². The Morgan fingerprint density at radius 1 is 1.00 bits per heavy atom. The number of carbonyl (C=O) groups is 1. The van der Waals surface area contributed by atoms with Crippen molar-refractivity contribution < 1.29 is 19.4 Å². The van der Waals surface area contributed by atoms with Gasteiger partial charge in [0.05, 0.1) is 38.1 Å². The van der Waals surface area contributed by atoms with Gasteiger partial charge in [-0.3, -0.25) is 9.78 Å². The van der Waals surface area contributed by atoms with E-state index in [1.54, 1.807) is 26.5 Å². The highest BCUT2D eigenvalue weighted by Crippen LogP contribution is 2.33. The zero-order valence-corrected chi connectivity index (χ0v) is 18.5. The lowest BCUT2D eigenvalue weighted by molar-refractivity contribution is 0.0718. The maximum absolute atomic E-state index is 12.9. The van der Waals surface area contributed by atoms with Crippen molar-refractivity contribution in [1.82, 2.24) is 14.9 Å². The average molecular weight is 437 g/mol. The minimum absolute atomic E-state index is 0.0449. The summed E-state index contributed by atoms with van der Waals surface area (Å²) in [7, 11) is 3.20. The second-order valence-corrected chi connectivity index (χ2v) is 7.73. The van der Waals surface area contributed by atoms with Gasteiger partial charge >= 0.3 is 0 Å². The van der Waals surface area contributed by atoms with Crippen LogP contribution in [0.2, 0.25) is 0 Å². The molecule has 1 fully saturated rings. The summed E-state index contributed by atoms with van der Waals surface area (Å²) < 4.78 is 10.8. The van der Waals surface area contributed by atoms with E-state index in [4.69, 9.17) is 9.47 Å². The molecule has 0 aliphatic carbocycles. The Labute approximate surface area is 187 Å². The first-order chi connectivity index (χ1) is 15.6. The number of ether oxygens (including phenoxy) is 2. The molecule has 0 spiro atoms. The second kappa shape index (κ2) is 9.82. The van der Waals surface area contributed by atoms with E-state index in [0.717, 1.165) is 43.7 Å². The number of benzene rings is 2. The number of aliphatic hydroxyl groups excluding tert-OH is 1. The number of anilines is 2. The van der Waals surface area contributed by atoms with Crippen LogP contribution in [-0.2, 0) is 0 Å². The largest absolute Gasteiger partial charge is 0.497 e. The molecule has 8 nitrogen and oxygen atoms in total. The molecule has 1 amide bonds. The standard InChI is InChI=1S/C24H28N4O4/c1-31-19-12-18(13-20(15-19)32-2)28(10-11-29)17-6-7-21-22(14-17)26-23(16-25-21)24(30)27-8-4-3-5-9-27/h6-7,12-16,29H,3-5,8-11H2,1-2H3. The third kappa shape index (κ3) is 4.60. The number of hydrogen-bond donors (Lipinski definition) is 1. The third-order valence-corrected chi connectivity index (χ3v) is 5.67. The molecule has 1 N–H and O–H groups in total. The average Bonchev–Trinajstić information content (AvgIpc) is 2.86. The number of likely N-dealkylation sites (tertiary alicyclic amines) is 1. The lowest BCUT2D eigenvalue weighted by atomic mass is 10.1. The Morgan fingerprint density at radius 3 is 2.38 bits per heavy atom. The van der Waals surface area contributed by atoms with Crippen LogP contribution >= 0.6 is 0 Å². The van der Waals surface area contributed by atoms with Gasteiger partial charge < -0.3 is 24.4 Å². The Hall–Kier alpha value is -3.39. The summed E-state index contributed by atoms with van der Waals surface area (Å²) in [6.07, 6.45) is 4.76. The highest BCUT2D eigenvalue weighted by atomic mass is 16.5. The summed E-state index contributed by atoms with van der Waals surface area (Å²) in [6.45, 7) is 1.85. The minimum atomic E-state index is -0.0748. The topological polar surface area (TPSA) is 88.0 Å². The smallest absolute Gasteiger partial charge is 0.274 e. The highest BCUT2D eigenvalue weighted by molar-refractivity contribution is 5.94. The highest BCUT2D eigenvalue weighted by Gasteiger charge is 2.20. The number of nitrogens with zero attached hydrogens (tertiary/aromatic N) is 4. The minimum Gasteiger partial charge on any atom is -0.497 e. The number of rotatable bonds is 7. The van der Waals surface area contributed by atoms with E-state index in [9.17, 15) is 9.90 Å². The fourth-order valence-corrected chi connectivity index (χ4v) is 3.99. The van der Waals surface area contributed by atoms with Crippen molar-refractivity contribution in [3.05, 3.63) is 48.3 Å². The van der Waals surface area contributed by atoms with Crippen molar-refractivity contribution >= 4 is 28.3 Å². The van der Waals surface area contributed by atoms with E-state index in [-0.39, 0.29) is 12.5 Å². The predicted molar refractivity (Wildman–Crippen MR) is 123 cm³/mol. The van der Waals surface area contributed by atoms with Gasteiger partial charge in [-0.05, 0) is 37.5 Å². The zero-order valence-electron chi connectivity index (χ0n) is 18.5. The molecule has 1 saturated heterocycles. The first kappa shape index (κ1) is 21.8. The molecule has 168 valence electrons. The van der Waals surface area contributed by atoms with Crippen LogP contribution in [0.4, 0.5) is 11.4 Å². The monoisotopic (exact) mass is 436 g/mol. The van der Waals surface area contributed by atoms with E-state index < -0.39 is 0 Å². The summed E-state index contributed by atoms with van der Waals surface area (Å²) in [5, 5.41) is 9.70. The number of aliphatic hydroxyl groups is 1. The molecule has 0 radical (unpaired) electrons. The lowest BCUT2D eigenvalue weighted by Gasteiger charge is -2.26. The van der Waals surface area contributed by atoms with Crippen molar-refractivity contribution in [2.45, 2.75) is 19.3 Å². The van der Waals surface area contributed by atoms with E-state index in [1.165, 1.54) is 0 Å². The normalized spacial score (nSPS) is 13.8. The molecule has 32 heavy (non-hydrogen) atoms. The number of hydrogen-bond acceptors (Lipinski definition) is 7. The third-order valence-electron chi connectivity index (χ3n) is 5.67. The molecule has 1 aliphatic heterocycles. The quantitative estimate of drug-likeness (QED) is 0.607. The van der Waals surface area contributed by atoms with Gasteiger partial charge in [0.2, 0.25) is 0 Å². The van der Waals surface area contributed by atoms with Crippen LogP contribution in [0, 0.1) is 0 Å². The molecule has 3 aromatic rings. The van der Waals surface area contributed by atoms with Gasteiger partial charge in [0.15, 0.2) is 0 Å². The molecule has 2 heterocycles. The predicted octanol–water partition coefficient (Wildman–Crippen LogP) is 3.40. The summed E-state index contributed by atoms with van der Waals surface area (Å²) in [5.41, 5.74) is 3.31. The fourth-order valence-electron chi connectivity index (χ4n) is 3.99. The van der Waals surface area contributed by atoms with E-state index >= 15 is 0 Å². The van der Waals surface area contributed by atoms with Crippen LogP contribution in [0.15, 0.2) is 42.6 Å². The molecule has 0 unspecified atom stereocenters. The maximum atomic E-state index is 12.9. The van der Waals surface area contributed by atoms with E-state index in [0.29, 0.717) is 34.8 Å². The number of carbonyl (C=O) groups excluding carboxylic acids is 1. The Morgan fingerprint density at radius 2 is 1.72 bits per heavy atom. The van der Waals surface area contributed by atoms with Crippen LogP contribution in [0.5, 0.6) is 11.5 Å². The van der Waals surface area contributed by atoms with Crippen LogP contribution in [-0.4, -0.2) is 66.3 Å². The SMILES string of the molecule is COc1cc(OC)cc(N(CCO)c2ccc3ncc(C(=O)N4CCCCC4)nc3c2)c1. The summed E-state index contributed by atoms with van der Waals surface area (Å²) in [4.78, 5) is 25.8. The van der Waals surface area contributed by atoms with Gasteiger partial charge in [-0.1, -0.05) is 0 Å². The van der Waals surface area contributed by atoms with Gasteiger partial charge in [-0.2, -0.15) is 0 Å². The molecule has 8 heteroatoms. The molecule has 0 saturated carbocycles. The van der Waals surface area contributed by atoms with Gasteiger partial charge in [0.1, 0.15) is 17.2 Å². The summed E-state index contributed by atoms with van der Waals surface area (Å²) in [5.74, 6) is 1.23. The number of amides is 1. The van der Waals surface area contributed by atoms with Crippen LogP contribution in [0.3, 0.4) is 0 Å². The first-order valence-corrected chi connectivity index (χ1v) is 10.8. The van der Waals surface area contributed by atoms with Crippen molar-refractivity contribution in [2.75, 3.05) is 45.4 Å². The van der Waals surface area contributed by atoms with Gasteiger partial charge in [0.25, 0.3) is 5.91 Å². The number of piperidine rings is 1. The second-order valence-electron chi connectivity index (χ2n) is 7.73. The Bertz CT molecular complexity index is 1080. The van der Waals surface area contributed by atoms with E-state index in [1.807, 2.05) is 40.1 Å². The van der Waals surface area contributed by atoms with Crippen LogP contribution in [0.25, 0.3) is 11.0 Å². The fraction of sp³-hybridized carbons (Fsp3) is 0.375. The molecule has 0 atom stereocenters. The molecular formula is C24H28N4O4. The first-order valence-electron chi connectivity index (χ1n) is 10.8. The number of fused-ring (bicyclic) bond motifs is 1. The molecular weight excluding hydrogens is 408 g/mol. The summed E-state index contributed by atoms with van der Waals surface area (Å²) >= 11 is 0. The number of aromatic nitrogens is 2. The van der Waals surface area contributed by atoms with Crippen molar-refractivity contribution in [2.24, 2.45) is 0 Å². The summed E-state index contributed by atoms with van der Waals surface area (Å²) in [6, 6.07) is 11.2. The van der Waals surface area contributed by atoms with Crippen molar-refractivity contribution in [3.63, 3.8) is 0 Å². The molecule has 1 aliphatic rings. The van der Waals surface area contributed by atoms with E-state index in [2.05, 4.69) is 9.97 Å². The van der Waals surface area contributed by atoms with Crippen molar-refractivity contribution in [3.8, 4) is 11.5 Å². The Kier molecular flexibility index (Phi) is 6.70. The van der Waals surface area contributed by atoms with Crippen LogP contribution < -0.4 is 14.4 Å². The number of methoxy groups -OCH3 is 2. The zero-order chi connectivity index (χ0) is 22.5. The van der Waals surface area contributed by atoms with Crippen LogP contribution in [0.1, 0.15) is 29.8 Å². The Balaban J connectivity index is 1.71. The molecule has 0 bridgehead atoms. The van der Waals surface area contributed by atoms with Gasteiger partial charge in [-0.15, -0.1) is 0 Å².